The van der Waals surface area contributed by atoms with E-state index in [2.05, 4.69) is 17.6 Å². The van der Waals surface area contributed by atoms with Gasteiger partial charge in [-0.3, -0.25) is 0 Å². The summed E-state index contributed by atoms with van der Waals surface area (Å²) in [5, 5.41) is 3.44. The number of nitrogens with zero attached hydrogens (tertiary/aromatic N) is 1. The number of hydrogen-bond donors (Lipinski definition) is 2. The number of aromatic nitrogens is 1. The van der Waals surface area contributed by atoms with Crippen LogP contribution >= 0.6 is 24.0 Å². The van der Waals surface area contributed by atoms with E-state index in [4.69, 9.17) is 22.9 Å². The lowest BCUT2D eigenvalue weighted by Crippen LogP contribution is -2.18. The van der Waals surface area contributed by atoms with Crippen LogP contribution in [0.3, 0.4) is 0 Å². The van der Waals surface area contributed by atoms with Gasteiger partial charge in [0.25, 0.3) is 0 Å². The summed E-state index contributed by atoms with van der Waals surface area (Å²) in [5.41, 5.74) is 9.33. The Balaban J connectivity index is 1.98. The zero-order valence-electron chi connectivity index (χ0n) is 12.8. The highest BCUT2D eigenvalue weighted by atomic mass is 32.2. The van der Waals surface area contributed by atoms with Crippen molar-refractivity contribution in [1.29, 1.82) is 0 Å². The number of aryl methyl sites for hydroxylation is 2. The van der Waals surface area contributed by atoms with E-state index in [9.17, 15) is 0 Å². The number of nitrogens with one attached hydrogen (secondary N) is 1. The maximum absolute atomic E-state index is 5.87. The first-order chi connectivity index (χ1) is 10.2. The van der Waals surface area contributed by atoms with Crippen LogP contribution < -0.4 is 11.1 Å². The highest BCUT2D eigenvalue weighted by molar-refractivity contribution is 7.98. The summed E-state index contributed by atoms with van der Waals surface area (Å²) < 4.78 is 0. The van der Waals surface area contributed by atoms with Crippen molar-refractivity contribution in [2.24, 2.45) is 5.73 Å². The average molecular weight is 324 g/mol. The summed E-state index contributed by atoms with van der Waals surface area (Å²) in [6.07, 6.45) is 10.5. The monoisotopic (exact) mass is 323 g/mol. The number of thiocarbonyl (C=S) groups is 1. The van der Waals surface area contributed by atoms with Crippen LogP contribution in [0.4, 0.5) is 5.82 Å². The highest BCUT2D eigenvalue weighted by Gasteiger charge is 2.16. The number of rotatable bonds is 8. The molecule has 3 N–H and O–H groups in total. The zero-order chi connectivity index (χ0) is 15.1. The first-order valence-corrected chi connectivity index (χ1v) is 9.58. The number of anilines is 1. The molecule has 0 spiro atoms. The molecule has 2 rings (SSSR count). The molecule has 1 aliphatic rings. The summed E-state index contributed by atoms with van der Waals surface area (Å²) in [5.74, 6) is 2.13. The Morgan fingerprint density at radius 3 is 2.90 bits per heavy atom. The molecule has 0 atom stereocenters. The second-order valence-electron chi connectivity index (χ2n) is 5.54. The fourth-order valence-electron chi connectivity index (χ4n) is 2.71. The van der Waals surface area contributed by atoms with E-state index in [0.717, 1.165) is 37.2 Å². The fraction of sp³-hybridized carbons (Fsp3) is 0.625. The molecule has 0 aromatic carbocycles. The molecular weight excluding hydrogens is 298 g/mol. The van der Waals surface area contributed by atoms with Crippen molar-refractivity contribution in [2.75, 3.05) is 23.9 Å². The van der Waals surface area contributed by atoms with Crippen molar-refractivity contribution in [1.82, 2.24) is 4.98 Å². The lowest BCUT2D eigenvalue weighted by atomic mass is 9.94. The van der Waals surface area contributed by atoms with Gasteiger partial charge < -0.3 is 11.1 Å². The Morgan fingerprint density at radius 1 is 1.33 bits per heavy atom. The minimum atomic E-state index is 0.445. The molecule has 3 nitrogen and oxygen atoms in total. The van der Waals surface area contributed by atoms with Gasteiger partial charge in [-0.05, 0) is 62.2 Å². The number of unbranched alkanes of at least 4 members (excludes halogenated alkanes) is 2. The fourth-order valence-corrected chi connectivity index (χ4v) is 3.36. The van der Waals surface area contributed by atoms with Crippen LogP contribution in [-0.2, 0) is 12.8 Å². The van der Waals surface area contributed by atoms with Crippen LogP contribution in [0.2, 0.25) is 0 Å². The third-order valence-corrected chi connectivity index (χ3v) is 4.80. The third kappa shape index (κ3) is 4.85. The zero-order valence-corrected chi connectivity index (χ0v) is 14.4. The van der Waals surface area contributed by atoms with Gasteiger partial charge in [-0.1, -0.05) is 18.6 Å². The molecule has 1 heterocycles. The summed E-state index contributed by atoms with van der Waals surface area (Å²) in [6.45, 7) is 0.940. The van der Waals surface area contributed by atoms with E-state index in [1.54, 1.807) is 0 Å². The molecule has 0 bridgehead atoms. The summed E-state index contributed by atoms with van der Waals surface area (Å²) in [4.78, 5) is 5.23. The van der Waals surface area contributed by atoms with E-state index in [0.29, 0.717) is 4.99 Å². The van der Waals surface area contributed by atoms with Crippen molar-refractivity contribution in [2.45, 2.75) is 44.9 Å². The van der Waals surface area contributed by atoms with Gasteiger partial charge in [0.05, 0.1) is 5.56 Å². The molecule has 0 amide bonds. The molecule has 0 saturated carbocycles. The van der Waals surface area contributed by atoms with Gasteiger partial charge in [0.1, 0.15) is 10.8 Å². The number of hydrogen-bond acceptors (Lipinski definition) is 4. The van der Waals surface area contributed by atoms with Gasteiger partial charge in [-0.2, -0.15) is 11.8 Å². The van der Waals surface area contributed by atoms with Crippen molar-refractivity contribution in [3.8, 4) is 0 Å². The normalized spacial score (nSPS) is 13.8. The van der Waals surface area contributed by atoms with E-state index in [1.165, 1.54) is 42.7 Å². The number of thioether (sulfide) groups is 1. The van der Waals surface area contributed by atoms with Crippen LogP contribution in [0.5, 0.6) is 0 Å². The Kier molecular flexibility index (Phi) is 6.77. The summed E-state index contributed by atoms with van der Waals surface area (Å²) in [7, 11) is 0. The Bertz CT molecular complexity index is 489. The molecule has 116 valence electrons. The van der Waals surface area contributed by atoms with Crippen molar-refractivity contribution >= 4 is 34.8 Å². The first kappa shape index (κ1) is 16.6. The maximum atomic E-state index is 5.87. The highest BCUT2D eigenvalue weighted by Crippen LogP contribution is 2.24. The second-order valence-corrected chi connectivity index (χ2v) is 6.97. The molecule has 0 radical (unpaired) electrons. The smallest absolute Gasteiger partial charge is 0.136 e. The van der Waals surface area contributed by atoms with Gasteiger partial charge in [0.15, 0.2) is 0 Å². The van der Waals surface area contributed by atoms with Crippen molar-refractivity contribution in [3.05, 3.63) is 22.9 Å². The summed E-state index contributed by atoms with van der Waals surface area (Å²) in [6, 6.07) is 2.15. The lowest BCUT2D eigenvalue weighted by molar-refractivity contribution is 0.667. The van der Waals surface area contributed by atoms with E-state index < -0.39 is 0 Å². The van der Waals surface area contributed by atoms with Gasteiger partial charge in [-0.25, -0.2) is 4.98 Å². The predicted molar refractivity (Wildman–Crippen MR) is 97.5 cm³/mol. The SMILES string of the molecule is CSCCCCCNc1nc2c(cc1C(N)=S)CCCC2. The Labute approximate surface area is 137 Å². The summed E-state index contributed by atoms with van der Waals surface area (Å²) >= 11 is 7.10. The van der Waals surface area contributed by atoms with E-state index in [1.807, 2.05) is 11.8 Å². The number of fused-ring (bicyclic) bond motifs is 1. The molecule has 0 unspecified atom stereocenters. The van der Waals surface area contributed by atoms with Gasteiger partial charge in [0, 0.05) is 12.2 Å². The molecule has 5 heteroatoms. The van der Waals surface area contributed by atoms with Crippen molar-refractivity contribution < 1.29 is 0 Å². The minimum Gasteiger partial charge on any atom is -0.389 e. The average Bonchev–Trinajstić information content (AvgIpc) is 2.49. The standard InChI is InChI=1S/C16H25N3S2/c1-21-10-6-2-5-9-18-16-13(15(17)20)11-12-7-3-4-8-14(12)19-16/h11H,2-10H2,1H3,(H2,17,20)(H,18,19). The van der Waals surface area contributed by atoms with Crippen molar-refractivity contribution in [3.63, 3.8) is 0 Å². The number of nitrogens with two attached hydrogens (primary N) is 1. The molecule has 0 aliphatic heterocycles. The van der Waals surface area contributed by atoms with Crippen LogP contribution in [0.25, 0.3) is 0 Å². The largest absolute Gasteiger partial charge is 0.389 e. The van der Waals surface area contributed by atoms with Crippen LogP contribution in [-0.4, -0.2) is 28.5 Å². The molecule has 1 aromatic heterocycles. The van der Waals surface area contributed by atoms with E-state index >= 15 is 0 Å². The molecular formula is C16H25N3S2. The van der Waals surface area contributed by atoms with Crippen LogP contribution in [0, 0.1) is 0 Å². The maximum Gasteiger partial charge on any atom is 0.136 e. The number of pyridine rings is 1. The Hall–Kier alpha value is -0.810. The van der Waals surface area contributed by atoms with Gasteiger partial charge in [0.2, 0.25) is 0 Å². The Morgan fingerprint density at radius 2 is 2.14 bits per heavy atom. The third-order valence-electron chi connectivity index (χ3n) is 3.88. The van der Waals surface area contributed by atoms with Crippen LogP contribution in [0.1, 0.15) is 48.9 Å². The topological polar surface area (TPSA) is 50.9 Å². The minimum absolute atomic E-state index is 0.445. The first-order valence-electron chi connectivity index (χ1n) is 7.77. The van der Waals surface area contributed by atoms with Gasteiger partial charge >= 0.3 is 0 Å². The molecule has 0 fully saturated rings. The molecule has 21 heavy (non-hydrogen) atoms. The van der Waals surface area contributed by atoms with E-state index in [-0.39, 0.29) is 0 Å². The van der Waals surface area contributed by atoms with Crippen LogP contribution in [0.15, 0.2) is 6.07 Å². The predicted octanol–water partition coefficient (Wildman–Crippen LogP) is 3.54. The molecule has 1 aromatic rings. The quantitative estimate of drug-likeness (QED) is 0.566. The lowest BCUT2D eigenvalue weighted by Gasteiger charge is -2.19. The second kappa shape index (κ2) is 8.59. The molecule has 0 saturated heterocycles. The molecule has 1 aliphatic carbocycles. The van der Waals surface area contributed by atoms with Gasteiger partial charge in [-0.15, -0.1) is 0 Å².